The van der Waals surface area contributed by atoms with Crippen LogP contribution in [0.4, 0.5) is 5.69 Å². The number of hydrogen-bond donors (Lipinski definition) is 2. The molecular weight excluding hydrogens is 330 g/mol. The number of hydrogen-bond acceptors (Lipinski definition) is 4. The number of carbonyl (C=O) groups excluding carboxylic acids is 2. The van der Waals surface area contributed by atoms with Crippen LogP contribution in [0.5, 0.6) is 5.75 Å². The summed E-state index contributed by atoms with van der Waals surface area (Å²) in [6.07, 6.45) is 3.45. The Morgan fingerprint density at radius 1 is 1.27 bits per heavy atom. The summed E-state index contributed by atoms with van der Waals surface area (Å²) >= 11 is 0. The highest BCUT2D eigenvalue weighted by molar-refractivity contribution is 5.98. The Morgan fingerprint density at radius 2 is 2.00 bits per heavy atom. The van der Waals surface area contributed by atoms with Crippen LogP contribution in [-0.2, 0) is 9.59 Å². The summed E-state index contributed by atoms with van der Waals surface area (Å²) in [6, 6.07) is 7.64. The zero-order valence-electron chi connectivity index (χ0n) is 15.6. The lowest BCUT2D eigenvalue weighted by Gasteiger charge is -2.36. The van der Waals surface area contributed by atoms with Crippen LogP contribution in [0.15, 0.2) is 24.3 Å². The molecule has 1 saturated carbocycles. The van der Waals surface area contributed by atoms with E-state index < -0.39 is 6.10 Å². The first-order valence-electron chi connectivity index (χ1n) is 9.66. The van der Waals surface area contributed by atoms with Gasteiger partial charge in [0.25, 0.3) is 5.91 Å². The van der Waals surface area contributed by atoms with Gasteiger partial charge in [-0.2, -0.15) is 0 Å². The van der Waals surface area contributed by atoms with Gasteiger partial charge in [0, 0.05) is 18.0 Å². The van der Waals surface area contributed by atoms with E-state index in [1.807, 2.05) is 38.1 Å². The summed E-state index contributed by atoms with van der Waals surface area (Å²) in [5.74, 6) is 0.404. The van der Waals surface area contributed by atoms with Crippen molar-refractivity contribution in [1.29, 1.82) is 0 Å². The number of anilines is 1. The van der Waals surface area contributed by atoms with Crippen LogP contribution in [0.1, 0.15) is 46.0 Å². The molecule has 0 radical (unpaired) electrons. The first-order valence-corrected chi connectivity index (χ1v) is 9.66. The molecule has 142 valence electrons. The normalized spacial score (nSPS) is 24.9. The first-order chi connectivity index (χ1) is 12.5. The van der Waals surface area contributed by atoms with Crippen LogP contribution in [-0.4, -0.2) is 36.5 Å². The van der Waals surface area contributed by atoms with E-state index in [-0.39, 0.29) is 36.4 Å². The Kier molecular flexibility index (Phi) is 5.81. The second kappa shape index (κ2) is 8.08. The molecule has 2 amide bonds. The first kappa shape index (κ1) is 18.7. The number of amides is 2. The van der Waals surface area contributed by atoms with E-state index in [1.165, 1.54) is 0 Å². The van der Waals surface area contributed by atoms with Crippen molar-refractivity contribution in [1.82, 2.24) is 5.32 Å². The fraction of sp³-hybridized carbons (Fsp3) is 0.600. The maximum absolute atomic E-state index is 13.1. The topological polar surface area (TPSA) is 84.7 Å². The van der Waals surface area contributed by atoms with Gasteiger partial charge in [-0.15, -0.1) is 0 Å². The lowest BCUT2D eigenvalue weighted by molar-refractivity contribution is -0.129. The summed E-state index contributed by atoms with van der Waals surface area (Å²) < 4.78 is 5.92. The van der Waals surface area contributed by atoms with Crippen LogP contribution in [0.25, 0.3) is 0 Å². The van der Waals surface area contributed by atoms with Crippen molar-refractivity contribution in [3.8, 4) is 5.75 Å². The fourth-order valence-electron chi connectivity index (χ4n) is 3.83. The molecule has 0 saturated heterocycles. The molecule has 6 heteroatoms. The van der Waals surface area contributed by atoms with Crippen molar-refractivity contribution in [3.63, 3.8) is 0 Å². The molecule has 0 bridgehead atoms. The van der Waals surface area contributed by atoms with Crippen LogP contribution in [0.3, 0.4) is 0 Å². The van der Waals surface area contributed by atoms with Gasteiger partial charge in [0.2, 0.25) is 5.91 Å². The zero-order valence-corrected chi connectivity index (χ0v) is 15.6. The highest BCUT2D eigenvalue weighted by atomic mass is 16.5. The molecule has 26 heavy (non-hydrogen) atoms. The van der Waals surface area contributed by atoms with Gasteiger partial charge in [0.05, 0.1) is 12.2 Å². The number of nitrogens with two attached hydrogens (primary N) is 1. The summed E-state index contributed by atoms with van der Waals surface area (Å²) in [4.78, 5) is 27.5. The van der Waals surface area contributed by atoms with Gasteiger partial charge in [0.15, 0.2) is 6.10 Å². The van der Waals surface area contributed by atoms with Gasteiger partial charge in [-0.25, -0.2) is 0 Å². The third-order valence-corrected chi connectivity index (χ3v) is 5.49. The summed E-state index contributed by atoms with van der Waals surface area (Å²) in [5, 5.41) is 3.03. The van der Waals surface area contributed by atoms with E-state index in [9.17, 15) is 9.59 Å². The second-order valence-corrected chi connectivity index (χ2v) is 7.32. The lowest BCUT2D eigenvalue weighted by Crippen LogP contribution is -2.53. The SMILES string of the molecule is CCC(CC)NC(=O)C1CN(C(=O)C2CCC(N)C2)c2ccccc2O1. The monoisotopic (exact) mass is 359 g/mol. The Hall–Kier alpha value is -2.08. The Balaban J connectivity index is 1.80. The minimum absolute atomic E-state index is 0.0500. The Morgan fingerprint density at radius 3 is 2.65 bits per heavy atom. The molecule has 3 atom stereocenters. The minimum atomic E-state index is -0.690. The molecule has 3 rings (SSSR count). The van der Waals surface area contributed by atoms with Crippen LogP contribution in [0, 0.1) is 5.92 Å². The number of carbonyl (C=O) groups is 2. The van der Waals surface area contributed by atoms with Crippen LogP contribution >= 0.6 is 0 Å². The predicted molar refractivity (Wildman–Crippen MR) is 101 cm³/mol. The Labute approximate surface area is 155 Å². The summed E-state index contributed by atoms with van der Waals surface area (Å²) in [6.45, 7) is 4.34. The number of nitrogens with one attached hydrogen (secondary N) is 1. The maximum Gasteiger partial charge on any atom is 0.263 e. The number of para-hydroxylation sites is 2. The van der Waals surface area contributed by atoms with Crippen molar-refractivity contribution < 1.29 is 14.3 Å². The molecule has 1 heterocycles. The van der Waals surface area contributed by atoms with Gasteiger partial charge >= 0.3 is 0 Å². The van der Waals surface area contributed by atoms with Gasteiger partial charge in [-0.1, -0.05) is 26.0 Å². The molecule has 2 aliphatic rings. The highest BCUT2D eigenvalue weighted by Gasteiger charge is 2.38. The average Bonchev–Trinajstić information content (AvgIpc) is 3.10. The van der Waals surface area contributed by atoms with Crippen molar-refractivity contribution in [3.05, 3.63) is 24.3 Å². The highest BCUT2D eigenvalue weighted by Crippen LogP contribution is 2.36. The van der Waals surface area contributed by atoms with Crippen molar-refractivity contribution >= 4 is 17.5 Å². The molecule has 1 aromatic carbocycles. The van der Waals surface area contributed by atoms with Gasteiger partial charge in [-0.3, -0.25) is 9.59 Å². The molecule has 1 fully saturated rings. The largest absolute Gasteiger partial charge is 0.477 e. The van der Waals surface area contributed by atoms with Gasteiger partial charge in [-0.05, 0) is 44.2 Å². The molecule has 0 spiro atoms. The molecule has 6 nitrogen and oxygen atoms in total. The lowest BCUT2D eigenvalue weighted by atomic mass is 10.0. The predicted octanol–water partition coefficient (Wildman–Crippen LogP) is 2.21. The smallest absolute Gasteiger partial charge is 0.263 e. The number of rotatable bonds is 5. The molecule has 1 aliphatic carbocycles. The van der Waals surface area contributed by atoms with Crippen molar-refractivity contribution in [2.75, 3.05) is 11.4 Å². The minimum Gasteiger partial charge on any atom is -0.477 e. The molecule has 1 aromatic rings. The van der Waals surface area contributed by atoms with Crippen LogP contribution < -0.4 is 20.7 Å². The molecule has 3 unspecified atom stereocenters. The second-order valence-electron chi connectivity index (χ2n) is 7.32. The molecule has 3 N–H and O–H groups in total. The van der Waals surface area contributed by atoms with E-state index >= 15 is 0 Å². The summed E-state index contributed by atoms with van der Waals surface area (Å²) in [7, 11) is 0. The molecule has 1 aliphatic heterocycles. The third kappa shape index (κ3) is 3.85. The standard InChI is InChI=1S/C20H29N3O3/c1-3-15(4-2)22-19(24)18-12-23(16-7-5-6-8-17(16)26-18)20(25)13-9-10-14(21)11-13/h5-8,13-15,18H,3-4,9-12,21H2,1-2H3,(H,22,24). The van der Waals surface area contributed by atoms with Crippen molar-refractivity contribution in [2.24, 2.45) is 11.7 Å². The van der Waals surface area contributed by atoms with Gasteiger partial charge in [0.1, 0.15) is 5.75 Å². The summed E-state index contributed by atoms with van der Waals surface area (Å²) in [5.41, 5.74) is 6.73. The third-order valence-electron chi connectivity index (χ3n) is 5.49. The molecular formula is C20H29N3O3. The maximum atomic E-state index is 13.1. The fourth-order valence-corrected chi connectivity index (χ4v) is 3.83. The number of fused-ring (bicyclic) bond motifs is 1. The van der Waals surface area contributed by atoms with E-state index in [4.69, 9.17) is 10.5 Å². The zero-order chi connectivity index (χ0) is 18.7. The van der Waals surface area contributed by atoms with Gasteiger partial charge < -0.3 is 20.7 Å². The molecule has 0 aromatic heterocycles. The Bertz CT molecular complexity index is 659. The van der Waals surface area contributed by atoms with Crippen LogP contribution in [0.2, 0.25) is 0 Å². The average molecular weight is 359 g/mol. The number of ether oxygens (including phenoxy) is 1. The van der Waals surface area contributed by atoms with E-state index in [1.54, 1.807) is 4.90 Å². The number of benzene rings is 1. The van der Waals surface area contributed by atoms with E-state index in [0.717, 1.165) is 31.4 Å². The van der Waals surface area contributed by atoms with E-state index in [0.29, 0.717) is 12.2 Å². The van der Waals surface area contributed by atoms with E-state index in [2.05, 4.69) is 5.32 Å². The number of nitrogens with zero attached hydrogens (tertiary/aromatic N) is 1. The van der Waals surface area contributed by atoms with Crippen molar-refractivity contribution in [2.45, 2.75) is 64.1 Å². The quantitative estimate of drug-likeness (QED) is 0.844.